The van der Waals surface area contributed by atoms with Crippen LogP contribution in [0.1, 0.15) is 5.69 Å². The summed E-state index contributed by atoms with van der Waals surface area (Å²) in [6.07, 6.45) is 1.76. The maximum Gasteiger partial charge on any atom is 0.325 e. The number of carbonyl (C=O) groups is 2. The number of hydrogen-bond donors (Lipinski definition) is 3. The van der Waals surface area contributed by atoms with E-state index in [9.17, 15) is 9.59 Å². The van der Waals surface area contributed by atoms with Crippen LogP contribution in [0.2, 0.25) is 0 Å². The highest BCUT2D eigenvalue weighted by Crippen LogP contribution is 2.23. The second kappa shape index (κ2) is 8.68. The minimum Gasteiger partial charge on any atom is -0.495 e. The first kappa shape index (κ1) is 17.5. The Hall–Kier alpha value is -2.87. The van der Waals surface area contributed by atoms with Gasteiger partial charge in [-0.05, 0) is 12.1 Å². The zero-order valence-corrected chi connectivity index (χ0v) is 14.0. The van der Waals surface area contributed by atoms with Crippen molar-refractivity contribution in [1.82, 2.24) is 10.3 Å². The lowest BCUT2D eigenvalue weighted by Gasteiger charge is -2.09. The summed E-state index contributed by atoms with van der Waals surface area (Å²) in [5.41, 5.74) is 1.15. The highest BCUT2D eigenvalue weighted by Gasteiger charge is 2.11. The fraction of sp³-hybridized carbons (Fsp3) is 0.188. The van der Waals surface area contributed by atoms with Gasteiger partial charge in [0.1, 0.15) is 5.75 Å². The fourth-order valence-electron chi connectivity index (χ4n) is 1.86. The van der Waals surface area contributed by atoms with Gasteiger partial charge in [-0.3, -0.25) is 10.1 Å². The Balaban J connectivity index is 1.90. The average molecular weight is 346 g/mol. The third kappa shape index (κ3) is 5.10. The Morgan fingerprint density at radius 2 is 2.12 bits per heavy atom. The normalized spacial score (nSPS) is 9.88. The van der Waals surface area contributed by atoms with Crippen LogP contribution in [-0.2, 0) is 11.2 Å². The van der Waals surface area contributed by atoms with Crippen molar-refractivity contribution >= 4 is 34.1 Å². The van der Waals surface area contributed by atoms with Gasteiger partial charge in [-0.2, -0.15) is 0 Å². The number of ether oxygens (including phenoxy) is 1. The molecule has 3 N–H and O–H groups in total. The summed E-state index contributed by atoms with van der Waals surface area (Å²) < 4.78 is 5.17. The number of benzene rings is 1. The van der Waals surface area contributed by atoms with E-state index in [2.05, 4.69) is 27.5 Å². The molecule has 7 nitrogen and oxygen atoms in total. The van der Waals surface area contributed by atoms with Crippen LogP contribution in [0.4, 0.5) is 15.6 Å². The lowest BCUT2D eigenvalue weighted by molar-refractivity contribution is -0.120. The summed E-state index contributed by atoms with van der Waals surface area (Å²) in [5, 5.41) is 10.1. The molecule has 24 heavy (non-hydrogen) atoms. The van der Waals surface area contributed by atoms with Gasteiger partial charge in [0.25, 0.3) is 0 Å². The van der Waals surface area contributed by atoms with Gasteiger partial charge in [-0.25, -0.2) is 9.78 Å². The number of methoxy groups -OCH3 is 1. The quantitative estimate of drug-likeness (QED) is 0.672. The van der Waals surface area contributed by atoms with Gasteiger partial charge in [-0.1, -0.05) is 18.2 Å². The van der Waals surface area contributed by atoms with Crippen molar-refractivity contribution in [2.45, 2.75) is 6.42 Å². The second-order valence-electron chi connectivity index (χ2n) is 4.69. The number of rotatable bonds is 7. The average Bonchev–Trinajstić information content (AvgIpc) is 3.00. The molecular weight excluding hydrogens is 328 g/mol. The Bertz CT molecular complexity index is 730. The number of urea groups is 1. The van der Waals surface area contributed by atoms with Crippen LogP contribution in [0.25, 0.3) is 0 Å². The summed E-state index contributed by atoms with van der Waals surface area (Å²) in [6.45, 7) is 3.94. The van der Waals surface area contributed by atoms with Crippen LogP contribution in [0.15, 0.2) is 42.3 Å². The van der Waals surface area contributed by atoms with Crippen LogP contribution in [-0.4, -0.2) is 30.6 Å². The van der Waals surface area contributed by atoms with E-state index < -0.39 is 6.03 Å². The van der Waals surface area contributed by atoms with Gasteiger partial charge in [0.05, 0.1) is 24.9 Å². The van der Waals surface area contributed by atoms with Crippen molar-refractivity contribution < 1.29 is 14.3 Å². The monoisotopic (exact) mass is 346 g/mol. The summed E-state index contributed by atoms with van der Waals surface area (Å²) in [6, 6.07) is 6.65. The van der Waals surface area contributed by atoms with Crippen molar-refractivity contribution in [3.8, 4) is 5.75 Å². The number of carbonyl (C=O) groups excluding carboxylic acids is 2. The number of hydrogen-bond acceptors (Lipinski definition) is 5. The molecule has 2 rings (SSSR count). The van der Waals surface area contributed by atoms with E-state index in [4.69, 9.17) is 4.74 Å². The molecule has 2 aromatic rings. The highest BCUT2D eigenvalue weighted by atomic mass is 32.1. The molecule has 0 saturated carbocycles. The molecule has 1 heterocycles. The Labute approximate surface area is 143 Å². The molecule has 0 atom stereocenters. The SMILES string of the molecule is C=CCNC(=O)Cc1csc(NC(=O)Nc2ccccc2OC)n1. The van der Waals surface area contributed by atoms with E-state index in [-0.39, 0.29) is 12.3 Å². The zero-order chi connectivity index (χ0) is 17.4. The van der Waals surface area contributed by atoms with E-state index in [0.717, 1.165) is 0 Å². The minimum atomic E-state index is -0.434. The predicted octanol–water partition coefficient (Wildman–Crippen LogP) is 2.64. The lowest BCUT2D eigenvalue weighted by atomic mass is 10.3. The molecule has 0 aliphatic rings. The molecule has 0 unspecified atom stereocenters. The topological polar surface area (TPSA) is 92.4 Å². The molecule has 0 bridgehead atoms. The van der Waals surface area contributed by atoms with Gasteiger partial charge in [0.2, 0.25) is 5.91 Å². The van der Waals surface area contributed by atoms with Gasteiger partial charge >= 0.3 is 6.03 Å². The molecule has 0 fully saturated rings. The number of aromatic nitrogens is 1. The van der Waals surface area contributed by atoms with Crippen molar-refractivity contribution in [1.29, 1.82) is 0 Å². The lowest BCUT2D eigenvalue weighted by Crippen LogP contribution is -2.25. The third-order valence-electron chi connectivity index (χ3n) is 2.91. The molecule has 1 aromatic heterocycles. The number of anilines is 2. The smallest absolute Gasteiger partial charge is 0.325 e. The van der Waals surface area contributed by atoms with E-state index in [1.807, 2.05) is 6.07 Å². The van der Waals surface area contributed by atoms with Gasteiger partial charge in [-0.15, -0.1) is 17.9 Å². The molecule has 0 aliphatic heterocycles. The number of thiazole rings is 1. The molecule has 1 aromatic carbocycles. The molecular formula is C16H18N4O3S. The van der Waals surface area contributed by atoms with E-state index in [0.29, 0.717) is 28.8 Å². The Morgan fingerprint density at radius 1 is 1.33 bits per heavy atom. The minimum absolute atomic E-state index is 0.148. The number of para-hydroxylation sites is 2. The summed E-state index contributed by atoms with van der Waals surface area (Å²) >= 11 is 1.25. The van der Waals surface area contributed by atoms with Gasteiger partial charge in [0, 0.05) is 11.9 Å². The largest absolute Gasteiger partial charge is 0.495 e. The molecule has 0 spiro atoms. The highest BCUT2D eigenvalue weighted by molar-refractivity contribution is 7.14. The number of amides is 3. The van der Waals surface area contributed by atoms with E-state index in [1.54, 1.807) is 29.7 Å². The standard InChI is InChI=1S/C16H18N4O3S/c1-3-8-17-14(21)9-11-10-24-16(18-11)20-15(22)19-12-6-4-5-7-13(12)23-2/h3-7,10H,1,8-9H2,2H3,(H,17,21)(H2,18,19,20,22). The van der Waals surface area contributed by atoms with Crippen molar-refractivity contribution in [3.05, 3.63) is 48.0 Å². The Morgan fingerprint density at radius 3 is 2.88 bits per heavy atom. The molecule has 0 radical (unpaired) electrons. The number of nitrogens with one attached hydrogen (secondary N) is 3. The fourth-order valence-corrected chi connectivity index (χ4v) is 2.56. The van der Waals surface area contributed by atoms with Crippen LogP contribution < -0.4 is 20.7 Å². The summed E-state index contributed by atoms with van der Waals surface area (Å²) in [5.74, 6) is 0.414. The molecule has 3 amide bonds. The van der Waals surface area contributed by atoms with E-state index >= 15 is 0 Å². The second-order valence-corrected chi connectivity index (χ2v) is 5.55. The summed E-state index contributed by atoms with van der Waals surface area (Å²) in [7, 11) is 1.53. The van der Waals surface area contributed by atoms with Gasteiger partial charge < -0.3 is 15.4 Å². The first-order chi connectivity index (χ1) is 11.6. The van der Waals surface area contributed by atoms with Crippen molar-refractivity contribution in [3.63, 3.8) is 0 Å². The van der Waals surface area contributed by atoms with Crippen LogP contribution >= 0.6 is 11.3 Å². The first-order valence-electron chi connectivity index (χ1n) is 7.15. The third-order valence-corrected chi connectivity index (χ3v) is 3.72. The molecule has 0 aliphatic carbocycles. The zero-order valence-electron chi connectivity index (χ0n) is 13.2. The van der Waals surface area contributed by atoms with Crippen molar-refractivity contribution in [2.75, 3.05) is 24.3 Å². The number of nitrogens with zero attached hydrogens (tertiary/aromatic N) is 1. The van der Waals surface area contributed by atoms with Crippen LogP contribution in [0.3, 0.4) is 0 Å². The van der Waals surface area contributed by atoms with Crippen LogP contribution in [0, 0.1) is 0 Å². The molecule has 126 valence electrons. The Kier molecular flexibility index (Phi) is 6.32. The first-order valence-corrected chi connectivity index (χ1v) is 8.03. The maximum absolute atomic E-state index is 12.0. The summed E-state index contributed by atoms with van der Waals surface area (Å²) in [4.78, 5) is 27.8. The van der Waals surface area contributed by atoms with E-state index in [1.165, 1.54) is 18.4 Å². The van der Waals surface area contributed by atoms with Crippen molar-refractivity contribution in [2.24, 2.45) is 0 Å². The van der Waals surface area contributed by atoms with Gasteiger partial charge in [0.15, 0.2) is 5.13 Å². The van der Waals surface area contributed by atoms with Crippen LogP contribution in [0.5, 0.6) is 5.75 Å². The predicted molar refractivity (Wildman–Crippen MR) is 94.7 cm³/mol. The maximum atomic E-state index is 12.0. The molecule has 8 heteroatoms. The molecule has 0 saturated heterocycles.